The number of anilines is 2. The highest BCUT2D eigenvalue weighted by atomic mass is 16.6. The molecule has 28 heavy (non-hydrogen) atoms. The Morgan fingerprint density at radius 2 is 2.14 bits per heavy atom. The third-order valence-electron chi connectivity index (χ3n) is 4.43. The molecule has 1 aromatic heterocycles. The lowest BCUT2D eigenvalue weighted by molar-refractivity contribution is -0.384. The van der Waals surface area contributed by atoms with Crippen molar-refractivity contribution in [3.05, 3.63) is 57.9 Å². The number of hydrogen-bond donors (Lipinski definition) is 2. The van der Waals surface area contributed by atoms with Crippen LogP contribution in [0.25, 0.3) is 0 Å². The molecule has 0 saturated carbocycles. The summed E-state index contributed by atoms with van der Waals surface area (Å²) < 4.78 is 4.96. The van der Waals surface area contributed by atoms with E-state index in [1.54, 1.807) is 13.0 Å². The summed E-state index contributed by atoms with van der Waals surface area (Å²) in [6.07, 6.45) is 2.80. The zero-order valence-corrected chi connectivity index (χ0v) is 15.0. The summed E-state index contributed by atoms with van der Waals surface area (Å²) in [5.74, 6) is -2.08. The molecule has 10 heteroatoms. The monoisotopic (exact) mass is 384 g/mol. The molecule has 10 nitrogen and oxygen atoms in total. The number of rotatable bonds is 5. The van der Waals surface area contributed by atoms with Gasteiger partial charge in [-0.15, -0.1) is 0 Å². The predicted molar refractivity (Wildman–Crippen MR) is 97.9 cm³/mol. The molecule has 1 aliphatic rings. The molecule has 144 valence electrons. The number of nitrogens with one attached hydrogen (secondary N) is 2. The number of nitro groups is 1. The van der Waals surface area contributed by atoms with Gasteiger partial charge in [-0.25, -0.2) is 0 Å². The molecule has 1 aromatic carbocycles. The molecular weight excluding hydrogens is 368 g/mol. The van der Waals surface area contributed by atoms with Crippen LogP contribution in [0.4, 0.5) is 17.1 Å². The largest absolute Gasteiger partial charge is 0.465 e. The normalized spacial score (nSPS) is 17.4. The third kappa shape index (κ3) is 3.04. The minimum Gasteiger partial charge on any atom is -0.465 e. The van der Waals surface area contributed by atoms with E-state index in [1.165, 1.54) is 31.5 Å². The number of esters is 1. The van der Waals surface area contributed by atoms with Gasteiger partial charge in [-0.1, -0.05) is 0 Å². The molecular formula is C18H16N4O6. The zero-order chi connectivity index (χ0) is 20.5. The molecule has 3 rings (SSSR count). The number of pyridine rings is 1. The van der Waals surface area contributed by atoms with Crippen LogP contribution in [-0.2, 0) is 19.7 Å². The highest BCUT2D eigenvalue weighted by Crippen LogP contribution is 2.43. The van der Waals surface area contributed by atoms with E-state index in [0.717, 1.165) is 6.07 Å². The number of carbonyl (C=O) groups excluding carboxylic acids is 3. The fourth-order valence-electron chi connectivity index (χ4n) is 2.90. The Bertz CT molecular complexity index is 991. The van der Waals surface area contributed by atoms with Gasteiger partial charge in [0.05, 0.1) is 17.1 Å². The van der Waals surface area contributed by atoms with Crippen LogP contribution in [0.3, 0.4) is 0 Å². The SMILES string of the molecule is CCOC(=O)C1(C)C(=O)Nc2cc(NC(=O)c3cccnc3)c([N+](=O)[O-])cc21. The van der Waals surface area contributed by atoms with Crippen molar-refractivity contribution in [3.63, 3.8) is 0 Å². The molecule has 1 atom stereocenters. The number of fused-ring (bicyclic) bond motifs is 1. The number of benzene rings is 1. The molecule has 1 aliphatic heterocycles. The molecule has 0 spiro atoms. The van der Waals surface area contributed by atoms with Crippen molar-refractivity contribution in [2.75, 3.05) is 17.2 Å². The fourth-order valence-corrected chi connectivity index (χ4v) is 2.90. The Labute approximate surface area is 159 Å². The van der Waals surface area contributed by atoms with Crippen molar-refractivity contribution in [2.45, 2.75) is 19.3 Å². The summed E-state index contributed by atoms with van der Waals surface area (Å²) in [7, 11) is 0. The van der Waals surface area contributed by atoms with Crippen LogP contribution in [0.2, 0.25) is 0 Å². The summed E-state index contributed by atoms with van der Waals surface area (Å²) >= 11 is 0. The minimum absolute atomic E-state index is 0.0540. The highest BCUT2D eigenvalue weighted by molar-refractivity contribution is 6.19. The number of nitrogens with zero attached hydrogens (tertiary/aromatic N) is 2. The molecule has 0 radical (unpaired) electrons. The maximum Gasteiger partial charge on any atom is 0.326 e. The second-order valence-electron chi connectivity index (χ2n) is 6.17. The summed E-state index contributed by atoms with van der Waals surface area (Å²) in [6, 6.07) is 5.41. The fraction of sp³-hybridized carbons (Fsp3) is 0.222. The smallest absolute Gasteiger partial charge is 0.326 e. The first-order chi connectivity index (χ1) is 13.3. The number of ether oxygens (including phenoxy) is 1. The van der Waals surface area contributed by atoms with E-state index >= 15 is 0 Å². The molecule has 2 N–H and O–H groups in total. The van der Waals surface area contributed by atoms with Gasteiger partial charge < -0.3 is 15.4 Å². The number of hydrogen-bond acceptors (Lipinski definition) is 7. The van der Waals surface area contributed by atoms with Gasteiger partial charge in [-0.05, 0) is 32.0 Å². The van der Waals surface area contributed by atoms with Crippen LogP contribution in [0.5, 0.6) is 0 Å². The van der Waals surface area contributed by atoms with Gasteiger partial charge in [-0.2, -0.15) is 0 Å². The van der Waals surface area contributed by atoms with E-state index in [4.69, 9.17) is 4.74 Å². The standard InChI is InChI=1S/C18H16N4O6/c1-3-28-17(25)18(2)11-7-14(22(26)27)13(8-12(11)21-16(18)24)20-15(23)10-5-4-6-19-9-10/h4-9H,3H2,1-2H3,(H,20,23)(H,21,24). The Hall–Kier alpha value is -3.82. The van der Waals surface area contributed by atoms with Crippen molar-refractivity contribution in [3.8, 4) is 0 Å². The Morgan fingerprint density at radius 1 is 1.39 bits per heavy atom. The summed E-state index contributed by atoms with van der Waals surface area (Å²) in [5.41, 5.74) is -1.79. The Morgan fingerprint density at radius 3 is 2.75 bits per heavy atom. The Kier molecular flexibility index (Phi) is 4.78. The molecule has 0 aliphatic carbocycles. The second-order valence-corrected chi connectivity index (χ2v) is 6.17. The molecule has 2 amide bonds. The first-order valence-electron chi connectivity index (χ1n) is 8.32. The van der Waals surface area contributed by atoms with Crippen LogP contribution in [0.15, 0.2) is 36.7 Å². The van der Waals surface area contributed by atoms with E-state index < -0.39 is 33.8 Å². The first kappa shape index (κ1) is 19.0. The van der Waals surface area contributed by atoms with Gasteiger partial charge in [0.2, 0.25) is 5.91 Å². The van der Waals surface area contributed by atoms with Gasteiger partial charge in [0, 0.05) is 29.7 Å². The van der Waals surface area contributed by atoms with Gasteiger partial charge in [0.15, 0.2) is 5.41 Å². The second kappa shape index (κ2) is 7.06. The van der Waals surface area contributed by atoms with Crippen LogP contribution >= 0.6 is 0 Å². The van der Waals surface area contributed by atoms with Gasteiger partial charge in [0.1, 0.15) is 5.69 Å². The topological polar surface area (TPSA) is 141 Å². The third-order valence-corrected chi connectivity index (χ3v) is 4.43. The van der Waals surface area contributed by atoms with Gasteiger partial charge in [0.25, 0.3) is 11.6 Å². The van der Waals surface area contributed by atoms with Crippen LogP contribution in [-0.4, -0.2) is 34.3 Å². The number of carbonyl (C=O) groups is 3. The molecule has 1 unspecified atom stereocenters. The van der Waals surface area contributed by atoms with Crippen molar-refractivity contribution in [2.24, 2.45) is 0 Å². The van der Waals surface area contributed by atoms with Crippen LogP contribution in [0, 0.1) is 10.1 Å². The van der Waals surface area contributed by atoms with E-state index in [0.29, 0.717) is 0 Å². The summed E-state index contributed by atoms with van der Waals surface area (Å²) in [5, 5.41) is 16.5. The lowest BCUT2D eigenvalue weighted by Crippen LogP contribution is -2.40. The molecule has 0 saturated heterocycles. The molecule has 0 fully saturated rings. The quantitative estimate of drug-likeness (QED) is 0.348. The van der Waals surface area contributed by atoms with Crippen molar-refractivity contribution < 1.29 is 24.0 Å². The predicted octanol–water partition coefficient (Wildman–Crippen LogP) is 2.01. The minimum atomic E-state index is -1.72. The maximum atomic E-state index is 12.4. The molecule has 2 heterocycles. The van der Waals surface area contributed by atoms with E-state index in [2.05, 4.69) is 15.6 Å². The highest BCUT2D eigenvalue weighted by Gasteiger charge is 2.51. The Balaban J connectivity index is 2.05. The molecule has 0 bridgehead atoms. The average Bonchev–Trinajstić information content (AvgIpc) is 2.92. The van der Waals surface area contributed by atoms with Gasteiger partial charge >= 0.3 is 5.97 Å². The van der Waals surface area contributed by atoms with Crippen LogP contribution in [0.1, 0.15) is 29.8 Å². The van der Waals surface area contributed by atoms with E-state index in [1.807, 2.05) is 0 Å². The lowest BCUT2D eigenvalue weighted by Gasteiger charge is -2.19. The van der Waals surface area contributed by atoms with E-state index in [9.17, 15) is 24.5 Å². The van der Waals surface area contributed by atoms with Crippen molar-refractivity contribution in [1.29, 1.82) is 0 Å². The van der Waals surface area contributed by atoms with E-state index in [-0.39, 0.29) is 29.1 Å². The zero-order valence-electron chi connectivity index (χ0n) is 15.0. The summed E-state index contributed by atoms with van der Waals surface area (Å²) in [4.78, 5) is 51.8. The molecule has 2 aromatic rings. The van der Waals surface area contributed by atoms with Crippen molar-refractivity contribution in [1.82, 2.24) is 4.98 Å². The summed E-state index contributed by atoms with van der Waals surface area (Å²) in [6.45, 7) is 2.98. The van der Waals surface area contributed by atoms with Crippen LogP contribution < -0.4 is 10.6 Å². The number of aromatic nitrogens is 1. The maximum absolute atomic E-state index is 12.4. The number of amides is 2. The lowest BCUT2D eigenvalue weighted by atomic mass is 9.83. The van der Waals surface area contributed by atoms with Gasteiger partial charge in [-0.3, -0.25) is 29.5 Å². The average molecular weight is 384 g/mol. The van der Waals surface area contributed by atoms with Crippen molar-refractivity contribution >= 4 is 34.8 Å². The number of nitro benzene ring substituents is 1. The first-order valence-corrected chi connectivity index (χ1v) is 8.32.